The van der Waals surface area contributed by atoms with Gasteiger partial charge in [0.1, 0.15) is 5.69 Å². The number of carbonyl (C=O) groups excluding carboxylic acids is 2. The molecule has 9 heteroatoms. The fraction of sp³-hybridized carbons (Fsp3) is 0.130. The second-order valence-electron chi connectivity index (χ2n) is 7.37. The molecule has 0 unspecified atom stereocenters. The Hall–Kier alpha value is -3.91. The molecule has 0 atom stereocenters. The van der Waals surface area contributed by atoms with Crippen molar-refractivity contribution in [2.24, 2.45) is 0 Å². The van der Waals surface area contributed by atoms with E-state index in [4.69, 9.17) is 11.6 Å². The number of para-hydroxylation sites is 2. The minimum atomic E-state index is -0.528. The molecule has 2 amide bonds. The summed E-state index contributed by atoms with van der Waals surface area (Å²) in [7, 11) is 0. The number of nitro groups is 1. The fourth-order valence-electron chi connectivity index (χ4n) is 3.08. The van der Waals surface area contributed by atoms with Gasteiger partial charge in [-0.25, -0.2) is 0 Å². The van der Waals surface area contributed by atoms with Gasteiger partial charge in [0.2, 0.25) is 0 Å². The molecule has 1 aliphatic carbocycles. The molecule has 1 aliphatic rings. The lowest BCUT2D eigenvalue weighted by Crippen LogP contribution is -2.17. The van der Waals surface area contributed by atoms with Crippen LogP contribution in [0.3, 0.4) is 0 Å². The maximum Gasteiger partial charge on any atom is 0.293 e. The Labute approximate surface area is 188 Å². The Morgan fingerprint density at radius 3 is 1.97 bits per heavy atom. The van der Waals surface area contributed by atoms with E-state index in [9.17, 15) is 19.7 Å². The van der Waals surface area contributed by atoms with Crippen molar-refractivity contribution < 1.29 is 14.5 Å². The molecule has 1 saturated carbocycles. The summed E-state index contributed by atoms with van der Waals surface area (Å²) in [6.45, 7) is 0. The average molecular weight is 451 g/mol. The standard InChI is InChI=1S/C23H19ClN4O4/c24-16-8-5-14(6-9-16)22(29)26-18-3-1-2-4-19(18)27-23(30)15-7-12-20(25-17-10-11-17)21(13-15)28(31)32/h1-9,12-13,17,25H,10-11H2,(H,26,29)(H,27,30). The summed E-state index contributed by atoms with van der Waals surface area (Å²) < 4.78 is 0. The number of nitrogens with zero attached hydrogens (tertiary/aromatic N) is 1. The molecule has 0 heterocycles. The van der Waals surface area contributed by atoms with Crippen LogP contribution in [0, 0.1) is 10.1 Å². The molecule has 3 aromatic rings. The smallest absolute Gasteiger partial charge is 0.293 e. The molecule has 3 aromatic carbocycles. The Morgan fingerprint density at radius 1 is 0.844 bits per heavy atom. The van der Waals surface area contributed by atoms with Crippen molar-refractivity contribution in [1.82, 2.24) is 0 Å². The van der Waals surface area contributed by atoms with Gasteiger partial charge in [0.15, 0.2) is 0 Å². The quantitative estimate of drug-likeness (QED) is 0.332. The van der Waals surface area contributed by atoms with Crippen LogP contribution in [-0.2, 0) is 0 Å². The molecule has 32 heavy (non-hydrogen) atoms. The second-order valence-corrected chi connectivity index (χ2v) is 7.80. The van der Waals surface area contributed by atoms with Crippen LogP contribution in [0.5, 0.6) is 0 Å². The van der Waals surface area contributed by atoms with E-state index in [0.717, 1.165) is 12.8 Å². The van der Waals surface area contributed by atoms with Crippen LogP contribution < -0.4 is 16.0 Å². The van der Waals surface area contributed by atoms with Gasteiger partial charge in [-0.2, -0.15) is 0 Å². The van der Waals surface area contributed by atoms with E-state index < -0.39 is 10.8 Å². The van der Waals surface area contributed by atoms with Crippen molar-refractivity contribution in [1.29, 1.82) is 0 Å². The summed E-state index contributed by atoms with van der Waals surface area (Å²) in [4.78, 5) is 36.3. The van der Waals surface area contributed by atoms with E-state index >= 15 is 0 Å². The number of hydrogen-bond donors (Lipinski definition) is 3. The molecule has 0 bridgehead atoms. The third-order valence-corrected chi connectivity index (χ3v) is 5.18. The average Bonchev–Trinajstić information content (AvgIpc) is 3.59. The minimum Gasteiger partial charge on any atom is -0.377 e. The predicted molar refractivity (Wildman–Crippen MR) is 124 cm³/mol. The zero-order valence-electron chi connectivity index (χ0n) is 16.8. The first-order chi connectivity index (χ1) is 15.4. The first-order valence-electron chi connectivity index (χ1n) is 9.93. The van der Waals surface area contributed by atoms with Crippen molar-refractivity contribution in [2.45, 2.75) is 18.9 Å². The molecule has 0 aliphatic heterocycles. The number of nitro benzene ring substituents is 1. The van der Waals surface area contributed by atoms with E-state index in [2.05, 4.69) is 16.0 Å². The monoisotopic (exact) mass is 450 g/mol. The zero-order valence-corrected chi connectivity index (χ0v) is 17.6. The van der Waals surface area contributed by atoms with Gasteiger partial charge < -0.3 is 16.0 Å². The number of benzene rings is 3. The van der Waals surface area contributed by atoms with Crippen LogP contribution in [0.2, 0.25) is 5.02 Å². The number of amides is 2. The molecule has 0 spiro atoms. The SMILES string of the molecule is O=C(Nc1ccccc1NC(=O)c1ccc(NC2CC2)c([N+](=O)[O-])c1)c1ccc(Cl)cc1. The van der Waals surface area contributed by atoms with E-state index in [1.807, 2.05) is 0 Å². The first kappa shape index (κ1) is 21.3. The Balaban J connectivity index is 1.52. The van der Waals surface area contributed by atoms with Gasteiger partial charge in [-0.05, 0) is 61.4 Å². The van der Waals surface area contributed by atoms with Crippen LogP contribution in [0.1, 0.15) is 33.6 Å². The Morgan fingerprint density at radius 2 is 1.41 bits per heavy atom. The van der Waals surface area contributed by atoms with Crippen molar-refractivity contribution in [3.05, 3.63) is 93.0 Å². The normalized spacial score (nSPS) is 12.7. The largest absolute Gasteiger partial charge is 0.377 e. The van der Waals surface area contributed by atoms with E-state index in [1.54, 1.807) is 54.6 Å². The van der Waals surface area contributed by atoms with Crippen LogP contribution in [0.4, 0.5) is 22.7 Å². The van der Waals surface area contributed by atoms with Crippen LogP contribution in [-0.4, -0.2) is 22.8 Å². The van der Waals surface area contributed by atoms with Gasteiger partial charge in [-0.3, -0.25) is 19.7 Å². The van der Waals surface area contributed by atoms with E-state index in [1.165, 1.54) is 12.1 Å². The molecule has 1 fully saturated rings. The van der Waals surface area contributed by atoms with E-state index in [-0.39, 0.29) is 23.2 Å². The number of nitrogens with one attached hydrogen (secondary N) is 3. The van der Waals surface area contributed by atoms with Crippen LogP contribution >= 0.6 is 11.6 Å². The molecule has 0 aromatic heterocycles. The highest BCUT2D eigenvalue weighted by Gasteiger charge is 2.25. The molecular weight excluding hydrogens is 432 g/mol. The van der Waals surface area contributed by atoms with Crippen molar-refractivity contribution >= 4 is 46.2 Å². The molecule has 8 nitrogen and oxygen atoms in total. The van der Waals surface area contributed by atoms with Gasteiger partial charge in [-0.1, -0.05) is 23.7 Å². The lowest BCUT2D eigenvalue weighted by molar-refractivity contribution is -0.384. The number of rotatable bonds is 7. The Bertz CT molecular complexity index is 1190. The fourth-order valence-corrected chi connectivity index (χ4v) is 3.21. The number of carbonyl (C=O) groups is 2. The summed E-state index contributed by atoms with van der Waals surface area (Å²) in [6.07, 6.45) is 1.94. The van der Waals surface area contributed by atoms with E-state index in [0.29, 0.717) is 27.6 Å². The van der Waals surface area contributed by atoms with Crippen LogP contribution in [0.15, 0.2) is 66.7 Å². The van der Waals surface area contributed by atoms with Gasteiger partial charge in [0, 0.05) is 28.3 Å². The lowest BCUT2D eigenvalue weighted by Gasteiger charge is -2.13. The maximum atomic E-state index is 12.8. The molecule has 162 valence electrons. The third-order valence-electron chi connectivity index (χ3n) is 4.92. The number of anilines is 3. The van der Waals surface area contributed by atoms with Crippen molar-refractivity contribution in [2.75, 3.05) is 16.0 Å². The lowest BCUT2D eigenvalue weighted by atomic mass is 10.1. The highest BCUT2D eigenvalue weighted by molar-refractivity contribution is 6.30. The summed E-state index contributed by atoms with van der Waals surface area (Å²) in [5.74, 6) is -0.895. The van der Waals surface area contributed by atoms with Gasteiger partial charge in [0.05, 0.1) is 16.3 Å². The van der Waals surface area contributed by atoms with Gasteiger partial charge in [-0.15, -0.1) is 0 Å². The topological polar surface area (TPSA) is 113 Å². The zero-order chi connectivity index (χ0) is 22.7. The highest BCUT2D eigenvalue weighted by Crippen LogP contribution is 2.32. The van der Waals surface area contributed by atoms with Crippen molar-refractivity contribution in [3.8, 4) is 0 Å². The highest BCUT2D eigenvalue weighted by atomic mass is 35.5. The third kappa shape index (κ3) is 5.04. The summed E-state index contributed by atoms with van der Waals surface area (Å²) in [5.41, 5.74) is 1.53. The van der Waals surface area contributed by atoms with Crippen molar-refractivity contribution in [3.63, 3.8) is 0 Å². The molecule has 3 N–H and O–H groups in total. The Kier molecular flexibility index (Phi) is 6.04. The molecule has 0 saturated heterocycles. The molecular formula is C23H19ClN4O4. The molecule has 4 rings (SSSR count). The van der Waals surface area contributed by atoms with Gasteiger partial charge >= 0.3 is 0 Å². The number of halogens is 1. The van der Waals surface area contributed by atoms with Crippen LogP contribution in [0.25, 0.3) is 0 Å². The summed E-state index contributed by atoms with van der Waals surface area (Å²) in [5, 5.41) is 20.6. The maximum absolute atomic E-state index is 12.8. The summed E-state index contributed by atoms with van der Waals surface area (Å²) >= 11 is 5.86. The predicted octanol–water partition coefficient (Wildman–Crippen LogP) is 5.33. The molecule has 0 radical (unpaired) electrons. The van der Waals surface area contributed by atoms with Gasteiger partial charge in [0.25, 0.3) is 17.5 Å². The first-order valence-corrected chi connectivity index (χ1v) is 10.3. The summed E-state index contributed by atoms with van der Waals surface area (Å²) in [6, 6.07) is 17.7. The second kappa shape index (κ2) is 9.07. The minimum absolute atomic E-state index is 0.136. The number of hydrogen-bond acceptors (Lipinski definition) is 5.